The summed E-state index contributed by atoms with van der Waals surface area (Å²) < 4.78 is 3.95. The van der Waals surface area contributed by atoms with Gasteiger partial charge in [-0.3, -0.25) is 4.79 Å². The van der Waals surface area contributed by atoms with Crippen LogP contribution in [0.4, 0.5) is 5.82 Å². The second-order valence-corrected chi connectivity index (χ2v) is 3.19. The Morgan fingerprint density at radius 1 is 1.73 bits per heavy atom. The van der Waals surface area contributed by atoms with Crippen molar-refractivity contribution in [3.63, 3.8) is 0 Å². The first kappa shape index (κ1) is 8.20. The average molecular weight is 170 g/mol. The van der Waals surface area contributed by atoms with E-state index in [1.165, 1.54) is 11.5 Å². The first-order valence-corrected chi connectivity index (χ1v) is 4.25. The molecule has 0 aliphatic carbocycles. The van der Waals surface area contributed by atoms with Crippen molar-refractivity contribution >= 4 is 23.3 Å². The van der Waals surface area contributed by atoms with E-state index in [-0.39, 0.29) is 11.8 Å². The summed E-state index contributed by atoms with van der Waals surface area (Å²) in [5.74, 6) is 0.668. The molecule has 0 spiro atoms. The summed E-state index contributed by atoms with van der Waals surface area (Å²) in [6.07, 6.45) is 0. The largest absolute Gasteiger partial charge is 0.310 e. The molecule has 0 aliphatic rings. The molecule has 0 saturated carbocycles. The van der Waals surface area contributed by atoms with Crippen LogP contribution in [-0.2, 0) is 4.79 Å². The van der Waals surface area contributed by atoms with Crippen molar-refractivity contribution in [3.05, 3.63) is 11.4 Å². The fourth-order valence-electron chi connectivity index (χ4n) is 0.548. The second-order valence-electron chi connectivity index (χ2n) is 2.53. The summed E-state index contributed by atoms with van der Waals surface area (Å²) in [5, 5.41) is 4.51. The lowest BCUT2D eigenvalue weighted by atomic mass is 10.2. The number of amides is 1. The maximum Gasteiger partial charge on any atom is 0.228 e. The van der Waals surface area contributed by atoms with E-state index in [1.54, 1.807) is 6.07 Å². The van der Waals surface area contributed by atoms with E-state index in [4.69, 9.17) is 0 Å². The summed E-state index contributed by atoms with van der Waals surface area (Å²) in [5.41, 5.74) is 0. The molecule has 1 amide bonds. The summed E-state index contributed by atoms with van der Waals surface area (Å²) in [6.45, 7) is 3.70. The smallest absolute Gasteiger partial charge is 0.228 e. The molecule has 4 heteroatoms. The predicted molar refractivity (Wildman–Crippen MR) is 45.6 cm³/mol. The third-order valence-corrected chi connectivity index (χ3v) is 1.77. The molecule has 0 aromatic carbocycles. The molecule has 0 bridgehead atoms. The lowest BCUT2D eigenvalue weighted by molar-refractivity contribution is -0.118. The first-order valence-electron chi connectivity index (χ1n) is 3.41. The van der Waals surface area contributed by atoms with E-state index in [2.05, 4.69) is 9.69 Å². The van der Waals surface area contributed by atoms with Gasteiger partial charge in [-0.1, -0.05) is 13.8 Å². The van der Waals surface area contributed by atoms with Crippen molar-refractivity contribution in [2.45, 2.75) is 13.8 Å². The van der Waals surface area contributed by atoms with E-state index in [0.29, 0.717) is 5.82 Å². The Morgan fingerprint density at radius 2 is 2.45 bits per heavy atom. The molecule has 0 aliphatic heterocycles. The van der Waals surface area contributed by atoms with Gasteiger partial charge in [-0.2, -0.15) is 4.37 Å². The number of carbonyl (C=O) groups excluding carboxylic acids is 1. The molecular formula is C7H10N2OS. The van der Waals surface area contributed by atoms with Crippen LogP contribution in [0.25, 0.3) is 0 Å². The SMILES string of the molecule is CC(C)C(=O)Nc1ccsn1. The number of nitrogens with one attached hydrogen (secondary N) is 1. The molecule has 0 radical (unpaired) electrons. The van der Waals surface area contributed by atoms with E-state index in [9.17, 15) is 4.79 Å². The molecule has 1 heterocycles. The molecule has 11 heavy (non-hydrogen) atoms. The summed E-state index contributed by atoms with van der Waals surface area (Å²) >= 11 is 1.33. The molecule has 0 saturated heterocycles. The maximum absolute atomic E-state index is 11.1. The van der Waals surface area contributed by atoms with E-state index >= 15 is 0 Å². The van der Waals surface area contributed by atoms with Gasteiger partial charge in [0.1, 0.15) is 5.82 Å². The number of nitrogens with zero attached hydrogens (tertiary/aromatic N) is 1. The van der Waals surface area contributed by atoms with Crippen LogP contribution in [-0.4, -0.2) is 10.3 Å². The number of hydrogen-bond donors (Lipinski definition) is 1. The van der Waals surface area contributed by atoms with Gasteiger partial charge in [0.2, 0.25) is 5.91 Å². The fourth-order valence-corrected chi connectivity index (χ4v) is 1.02. The Labute approximate surface area is 69.6 Å². The number of anilines is 1. The molecule has 1 rings (SSSR count). The number of carbonyl (C=O) groups is 1. The maximum atomic E-state index is 11.1. The van der Waals surface area contributed by atoms with Gasteiger partial charge >= 0.3 is 0 Å². The molecule has 3 nitrogen and oxygen atoms in total. The standard InChI is InChI=1S/C7H10N2OS/c1-5(2)7(10)8-6-3-4-11-9-6/h3-5H,1-2H3,(H,8,9,10). The molecule has 60 valence electrons. The Morgan fingerprint density at radius 3 is 2.91 bits per heavy atom. The van der Waals surface area contributed by atoms with Gasteiger partial charge in [0.15, 0.2) is 0 Å². The number of aromatic nitrogens is 1. The number of rotatable bonds is 2. The fraction of sp³-hybridized carbons (Fsp3) is 0.429. The van der Waals surface area contributed by atoms with Gasteiger partial charge in [-0.25, -0.2) is 0 Å². The average Bonchev–Trinajstić information content (AvgIpc) is 2.39. The van der Waals surface area contributed by atoms with Gasteiger partial charge in [0.25, 0.3) is 0 Å². The molecular weight excluding hydrogens is 160 g/mol. The monoisotopic (exact) mass is 170 g/mol. The minimum absolute atomic E-state index is 0.0101. The number of hydrogen-bond acceptors (Lipinski definition) is 3. The molecule has 0 unspecified atom stereocenters. The summed E-state index contributed by atoms with van der Waals surface area (Å²) in [6, 6.07) is 1.78. The predicted octanol–water partition coefficient (Wildman–Crippen LogP) is 1.74. The molecule has 1 N–H and O–H groups in total. The highest BCUT2D eigenvalue weighted by Gasteiger charge is 2.06. The zero-order valence-corrected chi connectivity index (χ0v) is 7.31. The van der Waals surface area contributed by atoms with Gasteiger partial charge in [0.05, 0.1) is 0 Å². The minimum atomic E-state index is 0.0101. The molecule has 1 aromatic rings. The molecule has 0 fully saturated rings. The van der Waals surface area contributed by atoms with Crippen LogP contribution in [0.1, 0.15) is 13.8 Å². The highest BCUT2D eigenvalue weighted by atomic mass is 32.1. The third kappa shape index (κ3) is 2.31. The van der Waals surface area contributed by atoms with Crippen molar-refractivity contribution in [1.29, 1.82) is 0 Å². The van der Waals surface area contributed by atoms with Crippen LogP contribution >= 0.6 is 11.5 Å². The van der Waals surface area contributed by atoms with Crippen molar-refractivity contribution in [1.82, 2.24) is 4.37 Å². The molecule has 1 aromatic heterocycles. The second kappa shape index (κ2) is 3.48. The van der Waals surface area contributed by atoms with Crippen LogP contribution in [0.3, 0.4) is 0 Å². The highest BCUT2D eigenvalue weighted by Crippen LogP contribution is 2.07. The van der Waals surface area contributed by atoms with E-state index < -0.39 is 0 Å². The van der Waals surface area contributed by atoms with Crippen LogP contribution in [0.5, 0.6) is 0 Å². The van der Waals surface area contributed by atoms with E-state index in [0.717, 1.165) is 0 Å². The third-order valence-electron chi connectivity index (χ3n) is 1.21. The Bertz CT molecular complexity index is 231. The zero-order valence-electron chi connectivity index (χ0n) is 6.50. The van der Waals surface area contributed by atoms with Crippen LogP contribution in [0, 0.1) is 5.92 Å². The van der Waals surface area contributed by atoms with Crippen molar-refractivity contribution < 1.29 is 4.79 Å². The topological polar surface area (TPSA) is 42.0 Å². The Hall–Kier alpha value is -0.900. The van der Waals surface area contributed by atoms with Crippen LogP contribution in [0.2, 0.25) is 0 Å². The van der Waals surface area contributed by atoms with E-state index in [1.807, 2.05) is 19.2 Å². The van der Waals surface area contributed by atoms with Crippen molar-refractivity contribution in [2.24, 2.45) is 5.92 Å². The van der Waals surface area contributed by atoms with Gasteiger partial charge in [0, 0.05) is 11.3 Å². The van der Waals surface area contributed by atoms with Gasteiger partial charge in [-0.15, -0.1) is 0 Å². The normalized spacial score (nSPS) is 10.1. The molecule has 0 atom stereocenters. The van der Waals surface area contributed by atoms with Crippen LogP contribution in [0.15, 0.2) is 11.4 Å². The zero-order chi connectivity index (χ0) is 8.27. The summed E-state index contributed by atoms with van der Waals surface area (Å²) in [4.78, 5) is 11.1. The lowest BCUT2D eigenvalue weighted by Crippen LogP contribution is -2.17. The lowest BCUT2D eigenvalue weighted by Gasteiger charge is -2.02. The Balaban J connectivity index is 2.50. The minimum Gasteiger partial charge on any atom is -0.310 e. The van der Waals surface area contributed by atoms with Gasteiger partial charge in [-0.05, 0) is 17.6 Å². The van der Waals surface area contributed by atoms with Crippen molar-refractivity contribution in [3.8, 4) is 0 Å². The van der Waals surface area contributed by atoms with Gasteiger partial charge < -0.3 is 5.32 Å². The highest BCUT2D eigenvalue weighted by molar-refractivity contribution is 7.03. The Kier molecular flexibility index (Phi) is 2.59. The van der Waals surface area contributed by atoms with Crippen LogP contribution < -0.4 is 5.32 Å². The summed E-state index contributed by atoms with van der Waals surface area (Å²) in [7, 11) is 0. The van der Waals surface area contributed by atoms with Crippen molar-refractivity contribution in [2.75, 3.05) is 5.32 Å². The quantitative estimate of drug-likeness (QED) is 0.734. The first-order chi connectivity index (χ1) is 5.20.